The highest BCUT2D eigenvalue weighted by molar-refractivity contribution is 6.42. The first kappa shape index (κ1) is 16.5. The quantitative estimate of drug-likeness (QED) is 0.579. The molecule has 6 nitrogen and oxygen atoms in total. The zero-order valence-corrected chi connectivity index (χ0v) is 13.0. The third-order valence-corrected chi connectivity index (χ3v) is 3.44. The molecule has 0 saturated carbocycles. The van der Waals surface area contributed by atoms with Crippen LogP contribution in [0.4, 0.5) is 11.4 Å². The van der Waals surface area contributed by atoms with E-state index >= 15 is 0 Å². The van der Waals surface area contributed by atoms with Crippen LogP contribution >= 0.6 is 11.6 Å². The molecular formula is C16H14ClN3O3. The summed E-state index contributed by atoms with van der Waals surface area (Å²) in [5.41, 5.74) is 7.42. The van der Waals surface area contributed by atoms with Crippen LogP contribution in [0.25, 0.3) is 0 Å². The molecule has 0 radical (unpaired) electrons. The number of imide groups is 1. The summed E-state index contributed by atoms with van der Waals surface area (Å²) in [6, 6.07) is 10.8. The molecule has 0 saturated heterocycles. The summed E-state index contributed by atoms with van der Waals surface area (Å²) in [5, 5.41) is 4.83. The normalized spacial score (nSPS) is 10.0. The van der Waals surface area contributed by atoms with Crippen molar-refractivity contribution in [1.82, 2.24) is 5.32 Å². The molecule has 7 heteroatoms. The van der Waals surface area contributed by atoms with Crippen molar-refractivity contribution in [3.63, 3.8) is 0 Å². The van der Waals surface area contributed by atoms with Gasteiger partial charge in [-0.25, -0.2) is 0 Å². The summed E-state index contributed by atoms with van der Waals surface area (Å²) in [4.78, 5) is 35.4. The largest absolute Gasteiger partial charge is 0.399 e. The molecule has 0 spiro atoms. The topological polar surface area (TPSA) is 101 Å². The molecule has 0 unspecified atom stereocenters. The third-order valence-electron chi connectivity index (χ3n) is 3.04. The van der Waals surface area contributed by atoms with E-state index in [1.807, 2.05) is 12.2 Å². The van der Waals surface area contributed by atoms with Gasteiger partial charge in [0.25, 0.3) is 5.91 Å². The Hall–Kier alpha value is -2.86. The fourth-order valence-corrected chi connectivity index (χ4v) is 1.91. The Kier molecular flexibility index (Phi) is 4.98. The van der Waals surface area contributed by atoms with E-state index in [1.54, 1.807) is 12.1 Å². The molecular weight excluding hydrogens is 318 g/mol. The van der Waals surface area contributed by atoms with Crippen molar-refractivity contribution >= 4 is 40.7 Å². The lowest BCUT2D eigenvalue weighted by molar-refractivity contribution is -0.135. The van der Waals surface area contributed by atoms with Gasteiger partial charge >= 0.3 is 11.8 Å². The fourth-order valence-electron chi connectivity index (χ4n) is 1.73. The van der Waals surface area contributed by atoms with Gasteiger partial charge in [0.15, 0.2) is 0 Å². The van der Waals surface area contributed by atoms with Crippen LogP contribution in [0.1, 0.15) is 15.9 Å². The van der Waals surface area contributed by atoms with E-state index in [0.717, 1.165) is 5.56 Å². The molecule has 2 aromatic rings. The van der Waals surface area contributed by atoms with E-state index in [2.05, 4.69) is 5.32 Å². The number of benzene rings is 2. The molecule has 0 aromatic heterocycles. The summed E-state index contributed by atoms with van der Waals surface area (Å²) in [6.07, 6.45) is 0. The van der Waals surface area contributed by atoms with Crippen molar-refractivity contribution in [2.45, 2.75) is 6.92 Å². The lowest BCUT2D eigenvalue weighted by Crippen LogP contribution is -2.39. The first-order valence-corrected chi connectivity index (χ1v) is 7.03. The molecule has 118 valence electrons. The van der Waals surface area contributed by atoms with Gasteiger partial charge in [0.1, 0.15) is 0 Å². The Balaban J connectivity index is 1.99. The molecule has 0 atom stereocenters. The predicted octanol–water partition coefficient (Wildman–Crippen LogP) is 2.13. The van der Waals surface area contributed by atoms with E-state index in [9.17, 15) is 14.4 Å². The number of nitrogens with one attached hydrogen (secondary N) is 2. The lowest BCUT2D eigenvalue weighted by atomic mass is 10.2. The summed E-state index contributed by atoms with van der Waals surface area (Å²) in [5.74, 6) is -2.72. The number of hydrogen-bond donors (Lipinski definition) is 3. The van der Waals surface area contributed by atoms with Gasteiger partial charge in [0.05, 0.1) is 0 Å². The average Bonchev–Trinajstić information content (AvgIpc) is 2.51. The second-order valence-corrected chi connectivity index (χ2v) is 5.23. The number of aryl methyl sites for hydroxylation is 1. The number of nitrogens with two attached hydrogens (primary N) is 1. The molecule has 0 aliphatic carbocycles. The fraction of sp³-hybridized carbons (Fsp3) is 0.0625. The van der Waals surface area contributed by atoms with E-state index < -0.39 is 17.7 Å². The molecule has 3 amide bonds. The number of rotatable bonds is 2. The molecule has 2 rings (SSSR count). The van der Waals surface area contributed by atoms with E-state index in [0.29, 0.717) is 16.4 Å². The van der Waals surface area contributed by atoms with Crippen LogP contribution in [0.2, 0.25) is 5.02 Å². The zero-order chi connectivity index (χ0) is 17.0. The van der Waals surface area contributed by atoms with Gasteiger partial charge in [0.2, 0.25) is 0 Å². The highest BCUT2D eigenvalue weighted by Gasteiger charge is 2.18. The second-order valence-electron chi connectivity index (χ2n) is 4.82. The van der Waals surface area contributed by atoms with Crippen LogP contribution in [0.5, 0.6) is 0 Å². The highest BCUT2D eigenvalue weighted by Crippen LogP contribution is 2.19. The third kappa shape index (κ3) is 4.31. The summed E-state index contributed by atoms with van der Waals surface area (Å²) >= 11 is 5.94. The van der Waals surface area contributed by atoms with Crippen LogP contribution in [-0.4, -0.2) is 17.7 Å². The van der Waals surface area contributed by atoms with Gasteiger partial charge in [-0.3, -0.25) is 19.7 Å². The molecule has 0 bridgehead atoms. The molecule has 23 heavy (non-hydrogen) atoms. The number of nitrogen functional groups attached to an aromatic ring is 1. The maximum Gasteiger partial charge on any atom is 0.316 e. The van der Waals surface area contributed by atoms with Crippen molar-refractivity contribution in [3.8, 4) is 0 Å². The van der Waals surface area contributed by atoms with E-state index in [1.165, 1.54) is 30.3 Å². The van der Waals surface area contributed by atoms with Gasteiger partial charge in [-0.15, -0.1) is 0 Å². The Morgan fingerprint density at radius 2 is 1.65 bits per heavy atom. The van der Waals surface area contributed by atoms with Gasteiger partial charge in [-0.05, 0) is 48.9 Å². The SMILES string of the molecule is Cc1ccc(NC(=O)C(=O)NC(=O)c2ccc(N)cc2)cc1Cl. The molecule has 0 heterocycles. The minimum Gasteiger partial charge on any atom is -0.399 e. The average molecular weight is 332 g/mol. The smallest absolute Gasteiger partial charge is 0.316 e. The van der Waals surface area contributed by atoms with Crippen molar-refractivity contribution in [1.29, 1.82) is 0 Å². The van der Waals surface area contributed by atoms with Crippen LogP contribution in [0.15, 0.2) is 42.5 Å². The molecule has 4 N–H and O–H groups in total. The van der Waals surface area contributed by atoms with Crippen LogP contribution in [0.3, 0.4) is 0 Å². The van der Waals surface area contributed by atoms with Gasteiger partial charge < -0.3 is 11.1 Å². The van der Waals surface area contributed by atoms with Crippen molar-refractivity contribution in [2.24, 2.45) is 0 Å². The Bertz CT molecular complexity index is 773. The van der Waals surface area contributed by atoms with Crippen LogP contribution < -0.4 is 16.4 Å². The maximum absolute atomic E-state index is 11.8. The minimum atomic E-state index is -1.07. The van der Waals surface area contributed by atoms with Crippen LogP contribution in [-0.2, 0) is 9.59 Å². The predicted molar refractivity (Wildman–Crippen MR) is 88.1 cm³/mol. The summed E-state index contributed by atoms with van der Waals surface area (Å²) < 4.78 is 0. The van der Waals surface area contributed by atoms with Crippen molar-refractivity contribution in [3.05, 3.63) is 58.6 Å². The lowest BCUT2D eigenvalue weighted by Gasteiger charge is -2.07. The first-order valence-electron chi connectivity index (χ1n) is 6.65. The summed E-state index contributed by atoms with van der Waals surface area (Å²) in [7, 11) is 0. The Labute approximate surface area is 137 Å². The van der Waals surface area contributed by atoms with Crippen molar-refractivity contribution in [2.75, 3.05) is 11.1 Å². The number of carbonyl (C=O) groups is 3. The van der Waals surface area contributed by atoms with Gasteiger partial charge in [-0.2, -0.15) is 0 Å². The number of amides is 3. The molecule has 0 aliphatic heterocycles. The second kappa shape index (κ2) is 6.93. The number of carbonyl (C=O) groups excluding carboxylic acids is 3. The van der Waals surface area contributed by atoms with E-state index in [4.69, 9.17) is 17.3 Å². The maximum atomic E-state index is 11.8. The van der Waals surface area contributed by atoms with Crippen LogP contribution in [0, 0.1) is 6.92 Å². The molecule has 0 aliphatic rings. The van der Waals surface area contributed by atoms with Crippen molar-refractivity contribution < 1.29 is 14.4 Å². The zero-order valence-electron chi connectivity index (χ0n) is 12.2. The molecule has 0 fully saturated rings. The number of halogens is 1. The molecule has 2 aromatic carbocycles. The van der Waals surface area contributed by atoms with E-state index in [-0.39, 0.29) is 5.56 Å². The first-order chi connectivity index (χ1) is 10.9. The van der Waals surface area contributed by atoms with Gasteiger partial charge in [0, 0.05) is 22.0 Å². The number of anilines is 2. The standard InChI is InChI=1S/C16H14ClN3O3/c1-9-2-7-12(8-13(9)17)19-15(22)16(23)20-14(21)10-3-5-11(18)6-4-10/h2-8H,18H2,1H3,(H,19,22)(H,20,21,23). The van der Waals surface area contributed by atoms with Gasteiger partial charge in [-0.1, -0.05) is 17.7 Å². The minimum absolute atomic E-state index is 0.221. The Morgan fingerprint density at radius 1 is 1.00 bits per heavy atom. The highest BCUT2D eigenvalue weighted by atomic mass is 35.5. The summed E-state index contributed by atoms with van der Waals surface area (Å²) in [6.45, 7) is 1.81. The Morgan fingerprint density at radius 3 is 2.26 bits per heavy atom. The number of hydrogen-bond acceptors (Lipinski definition) is 4. The monoisotopic (exact) mass is 331 g/mol.